The zero-order valence-corrected chi connectivity index (χ0v) is 7.90. The van der Waals surface area contributed by atoms with E-state index in [1.54, 1.807) is 18.2 Å². The summed E-state index contributed by atoms with van der Waals surface area (Å²) in [6.07, 6.45) is 3.22. The number of ketones is 1. The van der Waals surface area contributed by atoms with E-state index in [4.69, 9.17) is 4.42 Å². The number of carbonyl (C=O) groups is 1. The van der Waals surface area contributed by atoms with Crippen LogP contribution in [0.15, 0.2) is 45.9 Å². The molecule has 2 heterocycles. The van der Waals surface area contributed by atoms with Crippen LogP contribution in [0.25, 0.3) is 0 Å². The zero-order valence-electron chi connectivity index (χ0n) is 7.90. The minimum Gasteiger partial charge on any atom is -0.461 e. The molecule has 2 rings (SSSR count). The number of hydrogen-bond donors (Lipinski definition) is 1. The van der Waals surface area contributed by atoms with Crippen LogP contribution < -0.4 is 5.56 Å². The average molecular weight is 203 g/mol. The topological polar surface area (TPSA) is 63.1 Å². The molecule has 0 fully saturated rings. The van der Waals surface area contributed by atoms with Gasteiger partial charge in [0.2, 0.25) is 11.3 Å². The number of hydrogen-bond acceptors (Lipinski definition) is 3. The van der Waals surface area contributed by atoms with E-state index >= 15 is 0 Å². The third kappa shape index (κ3) is 2.22. The Bertz CT molecular complexity index is 490. The van der Waals surface area contributed by atoms with Crippen molar-refractivity contribution < 1.29 is 9.21 Å². The number of nitrogens with one attached hydrogen (secondary N) is 1. The van der Waals surface area contributed by atoms with Gasteiger partial charge in [0.1, 0.15) is 0 Å². The molecule has 0 saturated heterocycles. The van der Waals surface area contributed by atoms with Crippen LogP contribution in [0.5, 0.6) is 0 Å². The quantitative estimate of drug-likeness (QED) is 0.767. The molecule has 0 aliphatic carbocycles. The lowest BCUT2D eigenvalue weighted by molar-refractivity contribution is 0.0966. The molecule has 0 aliphatic rings. The van der Waals surface area contributed by atoms with Crippen LogP contribution in [0.3, 0.4) is 0 Å². The fourth-order valence-corrected chi connectivity index (χ4v) is 1.26. The van der Waals surface area contributed by atoms with Crippen LogP contribution in [0, 0.1) is 0 Å². The number of H-pyrrole nitrogens is 1. The van der Waals surface area contributed by atoms with Crippen LogP contribution in [0.1, 0.15) is 16.1 Å². The molecule has 15 heavy (non-hydrogen) atoms. The van der Waals surface area contributed by atoms with Crippen LogP contribution in [0.4, 0.5) is 0 Å². The number of Topliss-reactive ketones (excluding diaryl/α,β-unsaturated/α-hetero) is 1. The Morgan fingerprint density at radius 1 is 1.33 bits per heavy atom. The monoisotopic (exact) mass is 203 g/mol. The molecular weight excluding hydrogens is 194 g/mol. The molecule has 76 valence electrons. The lowest BCUT2D eigenvalue weighted by Crippen LogP contribution is -2.07. The summed E-state index contributed by atoms with van der Waals surface area (Å²) in [6, 6.07) is 6.30. The van der Waals surface area contributed by atoms with Gasteiger partial charge >= 0.3 is 0 Å². The summed E-state index contributed by atoms with van der Waals surface area (Å²) >= 11 is 0. The van der Waals surface area contributed by atoms with Crippen molar-refractivity contribution in [3.05, 3.63) is 58.4 Å². The fourth-order valence-electron chi connectivity index (χ4n) is 1.26. The highest BCUT2D eigenvalue weighted by Crippen LogP contribution is 2.06. The van der Waals surface area contributed by atoms with E-state index in [2.05, 4.69) is 4.98 Å². The summed E-state index contributed by atoms with van der Waals surface area (Å²) in [5.41, 5.74) is 0.584. The Hall–Kier alpha value is -2.10. The molecule has 0 aliphatic heterocycles. The van der Waals surface area contributed by atoms with Crippen LogP contribution >= 0.6 is 0 Å². The molecule has 0 amide bonds. The van der Waals surface area contributed by atoms with Crippen LogP contribution in [0.2, 0.25) is 0 Å². The van der Waals surface area contributed by atoms with E-state index in [1.165, 1.54) is 18.5 Å². The van der Waals surface area contributed by atoms with E-state index in [-0.39, 0.29) is 17.8 Å². The van der Waals surface area contributed by atoms with Crippen molar-refractivity contribution in [1.29, 1.82) is 0 Å². The highest BCUT2D eigenvalue weighted by Gasteiger charge is 2.09. The van der Waals surface area contributed by atoms with Crippen molar-refractivity contribution in [2.75, 3.05) is 0 Å². The van der Waals surface area contributed by atoms with E-state index in [1.807, 2.05) is 0 Å². The van der Waals surface area contributed by atoms with E-state index in [0.717, 1.165) is 5.56 Å². The lowest BCUT2D eigenvalue weighted by atomic mass is 10.1. The predicted molar refractivity (Wildman–Crippen MR) is 53.8 cm³/mol. The largest absolute Gasteiger partial charge is 0.461 e. The molecule has 4 nitrogen and oxygen atoms in total. The summed E-state index contributed by atoms with van der Waals surface area (Å²) in [4.78, 5) is 24.9. The molecular formula is C11H9NO3. The fraction of sp³-hybridized carbons (Fsp3) is 0.0909. The zero-order chi connectivity index (χ0) is 10.7. The summed E-state index contributed by atoms with van der Waals surface area (Å²) in [5.74, 6) is 0.230. The lowest BCUT2D eigenvalue weighted by Gasteiger charge is -1.97. The van der Waals surface area contributed by atoms with E-state index in [9.17, 15) is 9.59 Å². The minimum atomic E-state index is -0.177. The molecule has 0 unspecified atom stereocenters. The first kappa shape index (κ1) is 9.45. The van der Waals surface area contributed by atoms with Crippen molar-refractivity contribution in [1.82, 2.24) is 4.98 Å². The first-order valence-corrected chi connectivity index (χ1v) is 4.50. The Labute approximate surface area is 85.6 Å². The molecule has 2 aromatic rings. The van der Waals surface area contributed by atoms with Gasteiger partial charge in [-0.05, 0) is 17.7 Å². The van der Waals surface area contributed by atoms with Gasteiger partial charge in [-0.1, -0.05) is 6.07 Å². The second-order valence-electron chi connectivity index (χ2n) is 3.14. The Morgan fingerprint density at radius 3 is 2.80 bits per heavy atom. The number of pyridine rings is 1. The van der Waals surface area contributed by atoms with Crippen molar-refractivity contribution >= 4 is 5.78 Å². The summed E-state index contributed by atoms with van der Waals surface area (Å²) < 4.78 is 4.97. The molecule has 0 radical (unpaired) electrons. The third-order valence-electron chi connectivity index (χ3n) is 2.01. The van der Waals surface area contributed by atoms with E-state index < -0.39 is 0 Å². The van der Waals surface area contributed by atoms with Crippen LogP contribution in [-0.4, -0.2) is 10.8 Å². The van der Waals surface area contributed by atoms with Gasteiger partial charge in [-0.2, -0.15) is 0 Å². The Balaban J connectivity index is 2.13. The highest BCUT2D eigenvalue weighted by atomic mass is 16.3. The average Bonchev–Trinajstić information content (AvgIpc) is 2.74. The normalized spacial score (nSPS) is 10.1. The maximum absolute atomic E-state index is 11.6. The second kappa shape index (κ2) is 3.96. The van der Waals surface area contributed by atoms with Crippen molar-refractivity contribution in [3.63, 3.8) is 0 Å². The van der Waals surface area contributed by atoms with Gasteiger partial charge in [0.15, 0.2) is 5.76 Å². The van der Waals surface area contributed by atoms with Crippen molar-refractivity contribution in [2.24, 2.45) is 0 Å². The third-order valence-corrected chi connectivity index (χ3v) is 2.01. The minimum absolute atomic E-state index is 0.105. The molecule has 0 atom stereocenters. The van der Waals surface area contributed by atoms with Crippen molar-refractivity contribution in [3.8, 4) is 0 Å². The van der Waals surface area contributed by atoms with Gasteiger partial charge in [0.05, 0.1) is 6.26 Å². The van der Waals surface area contributed by atoms with Gasteiger partial charge in [0, 0.05) is 18.7 Å². The standard InChI is InChI=1S/C11H9NO3/c13-9(10-2-1-5-15-10)6-8-3-4-11(14)12-7-8/h1-5,7H,6H2,(H,12,14). The Kier molecular flexibility index (Phi) is 2.49. The molecule has 0 saturated carbocycles. The maximum Gasteiger partial charge on any atom is 0.247 e. The predicted octanol–water partition coefficient (Wildman–Crippen LogP) is 1.39. The molecule has 2 aromatic heterocycles. The maximum atomic E-state index is 11.6. The van der Waals surface area contributed by atoms with Gasteiger partial charge in [-0.3, -0.25) is 9.59 Å². The van der Waals surface area contributed by atoms with Crippen molar-refractivity contribution in [2.45, 2.75) is 6.42 Å². The van der Waals surface area contributed by atoms with Gasteiger partial charge in [-0.15, -0.1) is 0 Å². The number of aromatic amines is 1. The smallest absolute Gasteiger partial charge is 0.247 e. The summed E-state index contributed by atoms with van der Waals surface area (Å²) in [7, 11) is 0. The Morgan fingerprint density at radius 2 is 2.20 bits per heavy atom. The molecule has 1 N–H and O–H groups in total. The summed E-state index contributed by atoms with van der Waals surface area (Å²) in [5, 5.41) is 0. The molecule has 0 bridgehead atoms. The number of furan rings is 1. The second-order valence-corrected chi connectivity index (χ2v) is 3.14. The van der Waals surface area contributed by atoms with Crippen LogP contribution in [-0.2, 0) is 6.42 Å². The van der Waals surface area contributed by atoms with Gasteiger partial charge in [-0.25, -0.2) is 0 Å². The molecule has 0 aromatic carbocycles. The molecule has 0 spiro atoms. The van der Waals surface area contributed by atoms with E-state index in [0.29, 0.717) is 5.76 Å². The number of carbonyl (C=O) groups excluding carboxylic acids is 1. The first-order valence-electron chi connectivity index (χ1n) is 4.50. The number of rotatable bonds is 3. The molecule has 4 heteroatoms. The summed E-state index contributed by atoms with van der Waals surface area (Å²) in [6.45, 7) is 0. The number of aromatic nitrogens is 1. The van der Waals surface area contributed by atoms with Gasteiger partial charge < -0.3 is 9.40 Å². The SMILES string of the molecule is O=C(Cc1ccc(=O)[nH]c1)c1ccco1. The van der Waals surface area contributed by atoms with Gasteiger partial charge in [0.25, 0.3) is 0 Å². The highest BCUT2D eigenvalue weighted by molar-refractivity contribution is 5.94. The first-order chi connectivity index (χ1) is 7.25.